The van der Waals surface area contributed by atoms with E-state index >= 15 is 0 Å². The fourth-order valence-electron chi connectivity index (χ4n) is 4.69. The average Bonchev–Trinajstić information content (AvgIpc) is 3.63. The Morgan fingerprint density at radius 1 is 0.857 bits per heavy atom. The monoisotopic (exact) mass is 460 g/mol. The van der Waals surface area contributed by atoms with Crippen LogP contribution < -0.4 is 4.74 Å². The van der Waals surface area contributed by atoms with Crippen LogP contribution in [0.1, 0.15) is 34.1 Å². The summed E-state index contributed by atoms with van der Waals surface area (Å²) in [6.07, 6.45) is 3.31. The molecular weight excluding hydrogens is 440 g/mol. The summed E-state index contributed by atoms with van der Waals surface area (Å²) in [5.41, 5.74) is 6.27. The predicted molar refractivity (Wildman–Crippen MR) is 129 cm³/mol. The van der Waals surface area contributed by atoms with E-state index in [0.29, 0.717) is 23.2 Å². The van der Waals surface area contributed by atoms with Crippen LogP contribution in [-0.2, 0) is 0 Å². The van der Waals surface area contributed by atoms with Gasteiger partial charge in [-0.2, -0.15) is 5.10 Å². The highest BCUT2D eigenvalue weighted by atomic mass is 16.5. The summed E-state index contributed by atoms with van der Waals surface area (Å²) < 4.78 is 15.9. The lowest BCUT2D eigenvalue weighted by Crippen LogP contribution is -2.15. The highest BCUT2D eigenvalue weighted by Crippen LogP contribution is 2.49. The van der Waals surface area contributed by atoms with E-state index in [9.17, 15) is 0 Å². The molecule has 8 nitrogen and oxygen atoms in total. The molecule has 0 aliphatic carbocycles. The third kappa shape index (κ3) is 3.00. The molecule has 35 heavy (non-hydrogen) atoms. The van der Waals surface area contributed by atoms with Crippen molar-refractivity contribution in [1.82, 2.24) is 29.4 Å². The maximum Gasteiger partial charge on any atom is 0.230 e. The number of fused-ring (bicyclic) bond motifs is 4. The van der Waals surface area contributed by atoms with E-state index in [0.717, 1.165) is 33.8 Å². The summed E-state index contributed by atoms with van der Waals surface area (Å²) >= 11 is 0. The van der Waals surface area contributed by atoms with Crippen LogP contribution in [0, 0.1) is 13.8 Å². The van der Waals surface area contributed by atoms with E-state index in [1.807, 2.05) is 66.2 Å². The quantitative estimate of drug-likeness (QED) is 0.348. The van der Waals surface area contributed by atoms with Gasteiger partial charge in [0, 0.05) is 5.56 Å². The zero-order valence-electron chi connectivity index (χ0n) is 19.1. The molecule has 8 heteroatoms. The van der Waals surface area contributed by atoms with Gasteiger partial charge in [-0.3, -0.25) is 0 Å². The zero-order chi connectivity index (χ0) is 23.5. The normalized spacial score (nSPS) is 14.5. The molecule has 0 saturated heterocycles. The summed E-state index contributed by atoms with van der Waals surface area (Å²) in [7, 11) is 0. The van der Waals surface area contributed by atoms with E-state index in [2.05, 4.69) is 24.0 Å². The van der Waals surface area contributed by atoms with Crippen molar-refractivity contribution < 1.29 is 9.15 Å². The Hall–Kier alpha value is -4.72. The summed E-state index contributed by atoms with van der Waals surface area (Å²) in [4.78, 5) is 9.54. The molecule has 0 amide bonds. The maximum absolute atomic E-state index is 6.42. The summed E-state index contributed by atoms with van der Waals surface area (Å²) in [6.45, 7) is 4.04. The number of hydrogen-bond donors (Lipinski definition) is 0. The number of ether oxygens (including phenoxy) is 1. The van der Waals surface area contributed by atoms with Crippen molar-refractivity contribution in [3.8, 4) is 28.8 Å². The van der Waals surface area contributed by atoms with Crippen LogP contribution >= 0.6 is 0 Å². The first kappa shape index (κ1) is 19.7. The molecule has 7 rings (SSSR count). The minimum atomic E-state index is -0.299. The molecular formula is C27H20N6O2. The number of benzene rings is 2. The average molecular weight is 460 g/mol. The molecule has 0 bridgehead atoms. The van der Waals surface area contributed by atoms with Crippen molar-refractivity contribution in [2.45, 2.75) is 19.8 Å². The summed E-state index contributed by atoms with van der Waals surface area (Å²) in [5.74, 6) is 2.18. The summed E-state index contributed by atoms with van der Waals surface area (Å²) in [6, 6.07) is 21.9. The minimum absolute atomic E-state index is 0.299. The van der Waals surface area contributed by atoms with Gasteiger partial charge in [0.25, 0.3) is 0 Å². The van der Waals surface area contributed by atoms with E-state index < -0.39 is 0 Å². The van der Waals surface area contributed by atoms with Gasteiger partial charge in [0.1, 0.15) is 12.1 Å². The first-order valence-corrected chi connectivity index (χ1v) is 11.4. The number of hydrogen-bond acceptors (Lipinski definition) is 6. The van der Waals surface area contributed by atoms with Gasteiger partial charge in [-0.15, -0.1) is 5.10 Å². The Labute approximate surface area is 200 Å². The first-order valence-electron chi connectivity index (χ1n) is 11.4. The van der Waals surface area contributed by atoms with Gasteiger partial charge in [-0.05, 0) is 38.1 Å². The predicted octanol–water partition coefficient (Wildman–Crippen LogP) is 5.47. The fourth-order valence-corrected chi connectivity index (χ4v) is 4.69. The Balaban J connectivity index is 1.47. The zero-order valence-corrected chi connectivity index (χ0v) is 19.1. The third-order valence-corrected chi connectivity index (χ3v) is 6.36. The smallest absolute Gasteiger partial charge is 0.230 e. The van der Waals surface area contributed by atoms with E-state index in [1.165, 1.54) is 5.56 Å². The van der Waals surface area contributed by atoms with Crippen LogP contribution in [-0.4, -0.2) is 29.4 Å². The van der Waals surface area contributed by atoms with Crippen LogP contribution in [0.2, 0.25) is 0 Å². The SMILES string of the molecule is Cc1ccc(-c2nc3c4c(ncn3n2)Oc2c(c(C)nn2-c2ccccc2)[C@H]4c2ccco2)cc1. The largest absolute Gasteiger partial charge is 0.468 e. The Kier molecular flexibility index (Phi) is 4.17. The number of para-hydroxylation sites is 1. The number of aromatic nitrogens is 6. The number of furan rings is 1. The molecule has 6 aromatic rings. The molecule has 1 aliphatic rings. The second kappa shape index (κ2) is 7.39. The third-order valence-electron chi connectivity index (χ3n) is 6.36. The number of aryl methyl sites for hydroxylation is 2. The van der Waals surface area contributed by atoms with Crippen LogP contribution in [0.15, 0.2) is 83.7 Å². The Morgan fingerprint density at radius 3 is 2.46 bits per heavy atom. The Bertz CT molecular complexity index is 1680. The molecule has 0 spiro atoms. The molecule has 4 aromatic heterocycles. The molecule has 1 aliphatic heterocycles. The van der Waals surface area contributed by atoms with Gasteiger partial charge in [0.15, 0.2) is 11.5 Å². The van der Waals surface area contributed by atoms with E-state index in [-0.39, 0.29) is 5.92 Å². The van der Waals surface area contributed by atoms with Crippen molar-refractivity contribution in [3.63, 3.8) is 0 Å². The molecule has 5 heterocycles. The van der Waals surface area contributed by atoms with Gasteiger partial charge in [0.2, 0.25) is 11.8 Å². The molecule has 1 atom stereocenters. The lowest BCUT2D eigenvalue weighted by Gasteiger charge is -2.24. The van der Waals surface area contributed by atoms with Gasteiger partial charge < -0.3 is 9.15 Å². The highest BCUT2D eigenvalue weighted by Gasteiger charge is 2.39. The van der Waals surface area contributed by atoms with Crippen molar-refractivity contribution >= 4 is 5.65 Å². The Morgan fingerprint density at radius 2 is 1.69 bits per heavy atom. The van der Waals surface area contributed by atoms with Crippen molar-refractivity contribution in [2.24, 2.45) is 0 Å². The van der Waals surface area contributed by atoms with Crippen LogP contribution in [0.5, 0.6) is 11.8 Å². The van der Waals surface area contributed by atoms with Crippen LogP contribution in [0.4, 0.5) is 0 Å². The number of nitrogens with zero attached hydrogens (tertiary/aromatic N) is 6. The van der Waals surface area contributed by atoms with Gasteiger partial charge in [-0.1, -0.05) is 48.0 Å². The molecule has 0 N–H and O–H groups in total. The molecule has 0 radical (unpaired) electrons. The molecule has 2 aromatic carbocycles. The second-order valence-electron chi connectivity index (χ2n) is 8.64. The van der Waals surface area contributed by atoms with Crippen molar-refractivity contribution in [1.29, 1.82) is 0 Å². The van der Waals surface area contributed by atoms with Crippen LogP contribution in [0.3, 0.4) is 0 Å². The van der Waals surface area contributed by atoms with Crippen molar-refractivity contribution in [2.75, 3.05) is 0 Å². The molecule has 0 unspecified atom stereocenters. The lowest BCUT2D eigenvalue weighted by molar-refractivity contribution is 0.392. The molecule has 0 saturated carbocycles. The second-order valence-corrected chi connectivity index (χ2v) is 8.64. The maximum atomic E-state index is 6.42. The number of rotatable bonds is 3. The molecule has 170 valence electrons. The fraction of sp³-hybridized carbons (Fsp3) is 0.111. The van der Waals surface area contributed by atoms with E-state index in [1.54, 1.807) is 17.1 Å². The van der Waals surface area contributed by atoms with Gasteiger partial charge in [-0.25, -0.2) is 19.2 Å². The minimum Gasteiger partial charge on any atom is -0.468 e. The van der Waals surface area contributed by atoms with Gasteiger partial charge >= 0.3 is 0 Å². The van der Waals surface area contributed by atoms with E-state index in [4.69, 9.17) is 24.3 Å². The standard InChI is InChI=1S/C27H20N6O2/c1-16-10-12-18(13-11-16)24-29-25-23-22(20-9-6-14-34-20)21-17(2)30-33(19-7-4-3-5-8-19)27(21)35-26(23)28-15-32(25)31-24/h3-15,22H,1-2H3/t22-/m1/s1. The lowest BCUT2D eigenvalue weighted by atomic mass is 9.88. The topological polar surface area (TPSA) is 83.3 Å². The van der Waals surface area contributed by atoms with Crippen LogP contribution in [0.25, 0.3) is 22.7 Å². The molecule has 0 fully saturated rings. The van der Waals surface area contributed by atoms with Gasteiger partial charge in [0.05, 0.1) is 34.7 Å². The first-order chi connectivity index (χ1) is 17.2. The summed E-state index contributed by atoms with van der Waals surface area (Å²) in [5, 5.41) is 9.53. The highest BCUT2D eigenvalue weighted by molar-refractivity contribution is 5.68. The van der Waals surface area contributed by atoms with Crippen molar-refractivity contribution in [3.05, 3.63) is 107 Å².